The molecule has 7 nitrogen and oxygen atoms in total. The molecule has 1 unspecified atom stereocenters. The van der Waals surface area contributed by atoms with Crippen molar-refractivity contribution in [3.63, 3.8) is 0 Å². The fourth-order valence-electron chi connectivity index (χ4n) is 3.09. The molecule has 0 aliphatic carbocycles. The highest BCUT2D eigenvalue weighted by Gasteiger charge is 2.27. The number of nitrogens with zero attached hydrogens (tertiary/aromatic N) is 4. The van der Waals surface area contributed by atoms with Gasteiger partial charge in [0.25, 0.3) is 5.91 Å². The van der Waals surface area contributed by atoms with E-state index in [9.17, 15) is 4.79 Å². The van der Waals surface area contributed by atoms with Gasteiger partial charge in [0, 0.05) is 24.5 Å². The van der Waals surface area contributed by atoms with Crippen LogP contribution in [0.1, 0.15) is 23.3 Å². The number of H-pyrrole nitrogens is 1. The predicted octanol–water partition coefficient (Wildman–Crippen LogP) is 3.31. The monoisotopic (exact) mass is 427 g/mol. The normalized spacial score (nSPS) is 16.9. The van der Waals surface area contributed by atoms with E-state index < -0.39 is 0 Å². The fraction of sp³-hybridized carbons (Fsp3) is 0.263. The van der Waals surface area contributed by atoms with Gasteiger partial charge in [-0.3, -0.25) is 9.89 Å². The van der Waals surface area contributed by atoms with Gasteiger partial charge < -0.3 is 9.64 Å². The van der Waals surface area contributed by atoms with Crippen molar-refractivity contribution in [1.29, 1.82) is 0 Å². The first-order valence-electron chi connectivity index (χ1n) is 8.73. The largest absolute Gasteiger partial charge is 0.458 e. The van der Waals surface area contributed by atoms with Crippen LogP contribution in [0.4, 0.5) is 0 Å². The van der Waals surface area contributed by atoms with E-state index in [1.807, 2.05) is 30.3 Å². The highest BCUT2D eigenvalue weighted by atomic mass is 79.9. The molecule has 0 spiro atoms. The summed E-state index contributed by atoms with van der Waals surface area (Å²) in [6, 6.07) is 11.9. The quantitative estimate of drug-likeness (QED) is 0.690. The molecule has 3 heterocycles. The standard InChI is InChI=1S/C19H18BrN5O2/c20-14-10-21-19(22-11-14)27-15-7-4-8-25(12-15)18(26)17-9-16(23-24-17)13-5-2-1-3-6-13/h1-3,5-6,9-11,15H,4,7-8,12H2,(H,23,24). The maximum Gasteiger partial charge on any atom is 0.316 e. The van der Waals surface area contributed by atoms with Gasteiger partial charge in [-0.15, -0.1) is 0 Å². The van der Waals surface area contributed by atoms with E-state index in [4.69, 9.17) is 4.74 Å². The van der Waals surface area contributed by atoms with Crippen molar-refractivity contribution in [2.75, 3.05) is 13.1 Å². The van der Waals surface area contributed by atoms with Crippen molar-refractivity contribution < 1.29 is 9.53 Å². The Balaban J connectivity index is 1.43. The number of aromatic nitrogens is 4. The number of halogens is 1. The molecule has 0 radical (unpaired) electrons. The van der Waals surface area contributed by atoms with Crippen LogP contribution >= 0.6 is 15.9 Å². The third-order valence-electron chi connectivity index (χ3n) is 4.41. The molecule has 1 aliphatic rings. The molecule has 1 atom stereocenters. The van der Waals surface area contributed by atoms with Crippen LogP contribution in [0.3, 0.4) is 0 Å². The van der Waals surface area contributed by atoms with Gasteiger partial charge in [0.05, 0.1) is 16.7 Å². The van der Waals surface area contributed by atoms with Gasteiger partial charge in [-0.25, -0.2) is 9.97 Å². The summed E-state index contributed by atoms with van der Waals surface area (Å²) in [6.45, 7) is 1.19. The first kappa shape index (κ1) is 17.7. The van der Waals surface area contributed by atoms with Crippen LogP contribution in [0.15, 0.2) is 53.3 Å². The predicted molar refractivity (Wildman–Crippen MR) is 103 cm³/mol. The van der Waals surface area contributed by atoms with Crippen LogP contribution in [-0.4, -0.2) is 50.2 Å². The number of amides is 1. The maximum absolute atomic E-state index is 12.8. The summed E-state index contributed by atoms with van der Waals surface area (Å²) < 4.78 is 6.63. The van der Waals surface area contributed by atoms with Crippen molar-refractivity contribution in [3.05, 3.63) is 59.0 Å². The molecule has 4 rings (SSSR count). The average Bonchev–Trinajstić information content (AvgIpc) is 3.20. The topological polar surface area (TPSA) is 84.0 Å². The van der Waals surface area contributed by atoms with Crippen molar-refractivity contribution in [2.24, 2.45) is 0 Å². The number of carbonyl (C=O) groups excluding carboxylic acids is 1. The van der Waals surface area contributed by atoms with Crippen molar-refractivity contribution in [2.45, 2.75) is 18.9 Å². The zero-order valence-corrected chi connectivity index (χ0v) is 16.1. The van der Waals surface area contributed by atoms with Crippen LogP contribution in [0.2, 0.25) is 0 Å². The van der Waals surface area contributed by atoms with Gasteiger partial charge in [-0.05, 0) is 34.8 Å². The van der Waals surface area contributed by atoms with E-state index in [-0.39, 0.29) is 12.0 Å². The number of aromatic amines is 1. The first-order chi connectivity index (χ1) is 13.2. The smallest absolute Gasteiger partial charge is 0.316 e. The summed E-state index contributed by atoms with van der Waals surface area (Å²) in [7, 11) is 0. The number of piperidine rings is 1. The molecule has 1 aromatic carbocycles. The van der Waals surface area contributed by atoms with E-state index in [0.717, 1.165) is 28.6 Å². The SMILES string of the molecule is O=C(c1cc(-c2ccccc2)n[nH]1)N1CCCC(Oc2ncc(Br)cn2)C1. The Labute approximate surface area is 164 Å². The second-order valence-electron chi connectivity index (χ2n) is 6.35. The number of likely N-dealkylation sites (tertiary alicyclic amines) is 1. The molecule has 8 heteroatoms. The van der Waals surface area contributed by atoms with Crippen molar-refractivity contribution in [1.82, 2.24) is 25.1 Å². The average molecular weight is 428 g/mol. The van der Waals surface area contributed by atoms with Crippen LogP contribution in [0, 0.1) is 0 Å². The number of ether oxygens (including phenoxy) is 1. The molecule has 1 aliphatic heterocycles. The summed E-state index contributed by atoms with van der Waals surface area (Å²) in [6.07, 6.45) is 4.89. The molecule has 1 N–H and O–H groups in total. The minimum Gasteiger partial charge on any atom is -0.458 e. The van der Waals surface area contributed by atoms with Crippen molar-refractivity contribution in [3.8, 4) is 17.3 Å². The van der Waals surface area contributed by atoms with Crippen LogP contribution < -0.4 is 4.74 Å². The van der Waals surface area contributed by atoms with Gasteiger partial charge in [0.15, 0.2) is 0 Å². The summed E-state index contributed by atoms with van der Waals surface area (Å²) in [5, 5.41) is 7.13. The fourth-order valence-corrected chi connectivity index (χ4v) is 3.29. The number of rotatable bonds is 4. The van der Waals surface area contributed by atoms with E-state index in [1.165, 1.54) is 0 Å². The number of nitrogens with one attached hydrogen (secondary N) is 1. The minimum atomic E-state index is -0.125. The Hall–Kier alpha value is -2.74. The minimum absolute atomic E-state index is 0.0743. The van der Waals surface area contributed by atoms with E-state index >= 15 is 0 Å². The third-order valence-corrected chi connectivity index (χ3v) is 4.82. The molecule has 2 aromatic heterocycles. The molecule has 1 amide bonds. The lowest BCUT2D eigenvalue weighted by atomic mass is 10.1. The van der Waals surface area contributed by atoms with E-state index in [2.05, 4.69) is 36.1 Å². The number of hydrogen-bond donors (Lipinski definition) is 1. The lowest BCUT2D eigenvalue weighted by molar-refractivity contribution is 0.0510. The highest BCUT2D eigenvalue weighted by molar-refractivity contribution is 9.10. The Morgan fingerprint density at radius 3 is 2.78 bits per heavy atom. The summed E-state index contributed by atoms with van der Waals surface area (Å²) in [5.41, 5.74) is 2.21. The summed E-state index contributed by atoms with van der Waals surface area (Å²) >= 11 is 3.30. The summed E-state index contributed by atoms with van der Waals surface area (Å²) in [4.78, 5) is 22.9. The second kappa shape index (κ2) is 7.87. The Morgan fingerprint density at radius 1 is 1.22 bits per heavy atom. The number of hydrogen-bond acceptors (Lipinski definition) is 5. The zero-order chi connectivity index (χ0) is 18.6. The van der Waals surface area contributed by atoms with Crippen LogP contribution in [0.25, 0.3) is 11.3 Å². The molecule has 0 bridgehead atoms. The van der Waals surface area contributed by atoms with Gasteiger partial charge in [0.2, 0.25) is 0 Å². The third kappa shape index (κ3) is 4.16. The Kier molecular flexibility index (Phi) is 5.15. The van der Waals surface area contributed by atoms with Crippen LogP contribution in [0.5, 0.6) is 6.01 Å². The first-order valence-corrected chi connectivity index (χ1v) is 9.52. The molecular formula is C19H18BrN5O2. The van der Waals surface area contributed by atoms with Gasteiger partial charge in [-0.1, -0.05) is 30.3 Å². The van der Waals surface area contributed by atoms with Gasteiger partial charge >= 0.3 is 6.01 Å². The molecule has 3 aromatic rings. The maximum atomic E-state index is 12.8. The van der Waals surface area contributed by atoms with Crippen molar-refractivity contribution >= 4 is 21.8 Å². The Bertz CT molecular complexity index is 913. The second-order valence-corrected chi connectivity index (χ2v) is 7.27. The van der Waals surface area contributed by atoms with Gasteiger partial charge in [-0.2, -0.15) is 5.10 Å². The molecule has 138 valence electrons. The molecule has 1 saturated heterocycles. The molecular weight excluding hydrogens is 410 g/mol. The lowest BCUT2D eigenvalue weighted by Crippen LogP contribution is -2.44. The number of benzene rings is 1. The molecule has 27 heavy (non-hydrogen) atoms. The Morgan fingerprint density at radius 2 is 2.00 bits per heavy atom. The van der Waals surface area contributed by atoms with Gasteiger partial charge in [0.1, 0.15) is 11.8 Å². The molecule has 1 fully saturated rings. The zero-order valence-electron chi connectivity index (χ0n) is 14.5. The summed E-state index contributed by atoms with van der Waals surface area (Å²) in [5.74, 6) is -0.0743. The van der Waals surface area contributed by atoms with E-state index in [0.29, 0.717) is 24.8 Å². The van der Waals surface area contributed by atoms with E-state index in [1.54, 1.807) is 23.4 Å². The molecule has 0 saturated carbocycles. The van der Waals surface area contributed by atoms with Crippen LogP contribution in [-0.2, 0) is 0 Å². The lowest BCUT2D eigenvalue weighted by Gasteiger charge is -2.32. The number of carbonyl (C=O) groups is 1. The highest BCUT2D eigenvalue weighted by Crippen LogP contribution is 2.20.